The molecule has 0 fully saturated rings. The van der Waals surface area contributed by atoms with Gasteiger partial charge in [0.2, 0.25) is 0 Å². The predicted molar refractivity (Wildman–Crippen MR) is 78.7 cm³/mol. The lowest BCUT2D eigenvalue weighted by atomic mass is 10.0. The van der Waals surface area contributed by atoms with Gasteiger partial charge in [-0.1, -0.05) is 49.7 Å². The van der Waals surface area contributed by atoms with E-state index in [4.69, 9.17) is 5.73 Å². The van der Waals surface area contributed by atoms with E-state index in [-0.39, 0.29) is 0 Å². The normalized spacial score (nSPS) is 10.5. The molecule has 2 N–H and O–H groups in total. The third kappa shape index (κ3) is 3.63. The molecule has 1 heteroatoms. The molecule has 0 atom stereocenters. The van der Waals surface area contributed by atoms with Gasteiger partial charge in [0, 0.05) is 5.69 Å². The Morgan fingerprint density at radius 2 is 1.28 bits per heavy atom. The molecule has 0 unspecified atom stereocenters. The van der Waals surface area contributed by atoms with Gasteiger partial charge in [0.15, 0.2) is 0 Å². The number of hydrogen-bond acceptors (Lipinski definition) is 1. The third-order valence-corrected chi connectivity index (χ3v) is 3.23. The van der Waals surface area contributed by atoms with Gasteiger partial charge in [0.05, 0.1) is 0 Å². The molecular formula is C17H21N. The van der Waals surface area contributed by atoms with E-state index in [1.807, 2.05) is 12.1 Å². The quantitative estimate of drug-likeness (QED) is 0.777. The average molecular weight is 239 g/mol. The van der Waals surface area contributed by atoms with E-state index in [0.717, 1.165) is 12.1 Å². The maximum Gasteiger partial charge on any atom is 0.0314 e. The summed E-state index contributed by atoms with van der Waals surface area (Å²) in [4.78, 5) is 0. The highest BCUT2D eigenvalue weighted by Gasteiger charge is 1.97. The highest BCUT2D eigenvalue weighted by molar-refractivity contribution is 5.40. The molecule has 0 bridgehead atoms. The number of nitrogens with two attached hydrogens (primary N) is 1. The van der Waals surface area contributed by atoms with Crippen LogP contribution >= 0.6 is 0 Å². The van der Waals surface area contributed by atoms with Crippen LogP contribution in [0.1, 0.15) is 36.5 Å². The van der Waals surface area contributed by atoms with Crippen molar-refractivity contribution in [1.82, 2.24) is 0 Å². The maximum atomic E-state index is 5.69. The van der Waals surface area contributed by atoms with Crippen LogP contribution < -0.4 is 5.73 Å². The number of anilines is 1. The monoisotopic (exact) mass is 239 g/mol. The lowest BCUT2D eigenvalue weighted by Gasteiger charge is -2.05. The molecule has 0 aliphatic heterocycles. The summed E-state index contributed by atoms with van der Waals surface area (Å²) in [5, 5.41) is 0. The fraction of sp³-hybridized carbons (Fsp3) is 0.294. The SMILES string of the molecule is CCCCc1ccc(Cc2ccc(N)cc2)cc1. The zero-order chi connectivity index (χ0) is 12.8. The first-order chi connectivity index (χ1) is 8.78. The lowest BCUT2D eigenvalue weighted by molar-refractivity contribution is 0.795. The van der Waals surface area contributed by atoms with Crippen LogP contribution in [0.15, 0.2) is 48.5 Å². The molecule has 0 aromatic heterocycles. The zero-order valence-corrected chi connectivity index (χ0v) is 11.0. The van der Waals surface area contributed by atoms with E-state index >= 15 is 0 Å². The molecule has 0 saturated heterocycles. The van der Waals surface area contributed by atoms with Crippen LogP contribution in [0, 0.1) is 0 Å². The number of benzene rings is 2. The van der Waals surface area contributed by atoms with E-state index in [1.165, 1.54) is 36.0 Å². The van der Waals surface area contributed by atoms with Crippen LogP contribution in [-0.4, -0.2) is 0 Å². The Kier molecular flexibility index (Phi) is 4.40. The van der Waals surface area contributed by atoms with Crippen LogP contribution in [0.4, 0.5) is 5.69 Å². The summed E-state index contributed by atoms with van der Waals surface area (Å²) in [6.07, 6.45) is 4.71. The van der Waals surface area contributed by atoms with Crippen molar-refractivity contribution in [2.75, 3.05) is 5.73 Å². The minimum atomic E-state index is 0.827. The van der Waals surface area contributed by atoms with Crippen LogP contribution in [0.2, 0.25) is 0 Å². The second-order valence-electron chi connectivity index (χ2n) is 4.84. The molecule has 0 aliphatic rings. The molecular weight excluding hydrogens is 218 g/mol. The number of aryl methyl sites for hydroxylation is 1. The second-order valence-corrected chi connectivity index (χ2v) is 4.84. The van der Waals surface area contributed by atoms with Crippen molar-refractivity contribution < 1.29 is 0 Å². The molecule has 94 valence electrons. The Morgan fingerprint density at radius 1 is 0.778 bits per heavy atom. The smallest absolute Gasteiger partial charge is 0.0314 e. The lowest BCUT2D eigenvalue weighted by Crippen LogP contribution is -1.91. The first kappa shape index (κ1) is 12.7. The van der Waals surface area contributed by atoms with Gasteiger partial charge in [0.25, 0.3) is 0 Å². The predicted octanol–water partition coefficient (Wildman–Crippen LogP) is 4.20. The number of hydrogen-bond donors (Lipinski definition) is 1. The molecule has 0 radical (unpaired) electrons. The Bertz CT molecular complexity index is 468. The molecule has 0 amide bonds. The Balaban J connectivity index is 1.99. The molecule has 0 saturated carbocycles. The Morgan fingerprint density at radius 3 is 1.83 bits per heavy atom. The maximum absolute atomic E-state index is 5.69. The van der Waals surface area contributed by atoms with Crippen LogP contribution in [0.3, 0.4) is 0 Å². The third-order valence-electron chi connectivity index (χ3n) is 3.23. The van der Waals surface area contributed by atoms with Crippen molar-refractivity contribution in [3.05, 3.63) is 65.2 Å². The highest BCUT2D eigenvalue weighted by Crippen LogP contribution is 2.13. The van der Waals surface area contributed by atoms with Gasteiger partial charge in [-0.2, -0.15) is 0 Å². The van der Waals surface area contributed by atoms with Crippen LogP contribution in [0.5, 0.6) is 0 Å². The molecule has 0 spiro atoms. The molecule has 2 rings (SSSR count). The summed E-state index contributed by atoms with van der Waals surface area (Å²) in [5.41, 5.74) is 10.6. The van der Waals surface area contributed by atoms with Crippen molar-refractivity contribution in [3.8, 4) is 0 Å². The Labute approximate surface area is 110 Å². The highest BCUT2D eigenvalue weighted by atomic mass is 14.5. The summed E-state index contributed by atoms with van der Waals surface area (Å²) in [7, 11) is 0. The molecule has 2 aromatic carbocycles. The van der Waals surface area contributed by atoms with Crippen molar-refractivity contribution >= 4 is 5.69 Å². The first-order valence-electron chi connectivity index (χ1n) is 6.70. The van der Waals surface area contributed by atoms with Crippen molar-refractivity contribution in [2.45, 2.75) is 32.6 Å². The Hall–Kier alpha value is -1.76. The minimum Gasteiger partial charge on any atom is -0.399 e. The average Bonchev–Trinajstić information content (AvgIpc) is 2.41. The minimum absolute atomic E-state index is 0.827. The van der Waals surface area contributed by atoms with Crippen molar-refractivity contribution in [2.24, 2.45) is 0 Å². The standard InChI is InChI=1S/C17H21N/c1-2-3-4-14-5-7-15(8-6-14)13-16-9-11-17(18)12-10-16/h5-12H,2-4,13,18H2,1H3. The zero-order valence-electron chi connectivity index (χ0n) is 11.0. The van der Waals surface area contributed by atoms with Crippen molar-refractivity contribution in [3.63, 3.8) is 0 Å². The molecule has 1 nitrogen and oxygen atoms in total. The topological polar surface area (TPSA) is 26.0 Å². The number of nitrogen functional groups attached to an aromatic ring is 1. The molecule has 18 heavy (non-hydrogen) atoms. The van der Waals surface area contributed by atoms with Gasteiger partial charge >= 0.3 is 0 Å². The van der Waals surface area contributed by atoms with Gasteiger partial charge in [-0.05, 0) is 48.1 Å². The van der Waals surface area contributed by atoms with Crippen LogP contribution in [0.25, 0.3) is 0 Å². The second kappa shape index (κ2) is 6.25. The van der Waals surface area contributed by atoms with E-state index in [1.54, 1.807) is 0 Å². The van der Waals surface area contributed by atoms with Gasteiger partial charge in [0.1, 0.15) is 0 Å². The van der Waals surface area contributed by atoms with E-state index < -0.39 is 0 Å². The van der Waals surface area contributed by atoms with Gasteiger partial charge in [-0.25, -0.2) is 0 Å². The van der Waals surface area contributed by atoms with E-state index in [2.05, 4.69) is 43.3 Å². The summed E-state index contributed by atoms with van der Waals surface area (Å²) in [5.74, 6) is 0. The first-order valence-corrected chi connectivity index (χ1v) is 6.70. The van der Waals surface area contributed by atoms with E-state index in [0.29, 0.717) is 0 Å². The van der Waals surface area contributed by atoms with Gasteiger partial charge in [-0.15, -0.1) is 0 Å². The van der Waals surface area contributed by atoms with Crippen molar-refractivity contribution in [1.29, 1.82) is 0 Å². The molecule has 0 aliphatic carbocycles. The largest absolute Gasteiger partial charge is 0.399 e. The van der Waals surface area contributed by atoms with Gasteiger partial charge in [-0.3, -0.25) is 0 Å². The number of rotatable bonds is 5. The summed E-state index contributed by atoms with van der Waals surface area (Å²) >= 11 is 0. The summed E-state index contributed by atoms with van der Waals surface area (Å²) in [6, 6.07) is 17.1. The number of unbranched alkanes of at least 4 members (excludes halogenated alkanes) is 1. The fourth-order valence-electron chi connectivity index (χ4n) is 2.08. The summed E-state index contributed by atoms with van der Waals surface area (Å²) < 4.78 is 0. The summed E-state index contributed by atoms with van der Waals surface area (Å²) in [6.45, 7) is 2.23. The van der Waals surface area contributed by atoms with Crippen LogP contribution in [-0.2, 0) is 12.8 Å². The fourth-order valence-corrected chi connectivity index (χ4v) is 2.08. The van der Waals surface area contributed by atoms with Gasteiger partial charge < -0.3 is 5.73 Å². The molecule has 0 heterocycles. The van der Waals surface area contributed by atoms with E-state index in [9.17, 15) is 0 Å². The molecule has 2 aromatic rings.